The molecule has 6 rings (SSSR count). The van der Waals surface area contributed by atoms with Crippen LogP contribution in [0.25, 0.3) is 22.2 Å². The highest BCUT2D eigenvalue weighted by Crippen LogP contribution is 2.47. The number of rotatable bonds is 8. The SMILES string of the molecule is CCC(CCN(C)C)n1cc(NC(=O)c2cnc3[nH]cc(-c4ccc5c(c4)C4(CCN(C)CC4)CC5=O)c3c2)cn1.[HH].[HH]. The van der Waals surface area contributed by atoms with Crippen molar-refractivity contribution in [3.05, 3.63) is 65.7 Å². The Labute approximate surface area is 243 Å². The van der Waals surface area contributed by atoms with Gasteiger partial charge in [0.1, 0.15) is 5.65 Å². The number of H-pyrrole nitrogens is 1. The van der Waals surface area contributed by atoms with Crippen LogP contribution in [0.3, 0.4) is 0 Å². The molecule has 1 aliphatic heterocycles. The molecule has 1 atom stereocenters. The summed E-state index contributed by atoms with van der Waals surface area (Å²) in [5.74, 6) is 0.0270. The van der Waals surface area contributed by atoms with Crippen LogP contribution in [-0.4, -0.2) is 82.0 Å². The van der Waals surface area contributed by atoms with E-state index in [1.165, 1.54) is 5.56 Å². The number of benzene rings is 1. The quantitative estimate of drug-likeness (QED) is 0.292. The van der Waals surface area contributed by atoms with Gasteiger partial charge in [0.2, 0.25) is 0 Å². The lowest BCUT2D eigenvalue weighted by Crippen LogP contribution is -2.39. The molecule has 1 aromatic carbocycles. The fourth-order valence-electron chi connectivity index (χ4n) is 6.49. The third kappa shape index (κ3) is 5.20. The minimum Gasteiger partial charge on any atom is -0.346 e. The number of carbonyl (C=O) groups excluding carboxylic acids is 2. The van der Waals surface area contributed by atoms with E-state index in [4.69, 9.17) is 0 Å². The predicted molar refractivity (Wildman–Crippen MR) is 166 cm³/mol. The van der Waals surface area contributed by atoms with E-state index in [2.05, 4.69) is 64.3 Å². The number of hydrogen-bond acceptors (Lipinski definition) is 6. The average Bonchev–Trinajstić information content (AvgIpc) is 3.67. The number of nitrogens with one attached hydrogen (secondary N) is 2. The Bertz CT molecular complexity index is 1600. The minimum absolute atomic E-state index is 0. The number of anilines is 1. The van der Waals surface area contributed by atoms with Gasteiger partial charge < -0.3 is 20.1 Å². The van der Waals surface area contributed by atoms with Gasteiger partial charge in [-0.05, 0) is 89.7 Å². The predicted octanol–water partition coefficient (Wildman–Crippen LogP) is 5.62. The summed E-state index contributed by atoms with van der Waals surface area (Å²) in [6, 6.07) is 8.39. The maximum atomic E-state index is 13.3. The maximum Gasteiger partial charge on any atom is 0.257 e. The van der Waals surface area contributed by atoms with E-state index in [0.717, 1.165) is 73.0 Å². The van der Waals surface area contributed by atoms with Crippen LogP contribution in [0.1, 0.15) is 74.2 Å². The Hall–Kier alpha value is -3.82. The molecule has 41 heavy (non-hydrogen) atoms. The zero-order valence-electron chi connectivity index (χ0n) is 24.4. The second-order valence-corrected chi connectivity index (χ2v) is 12.1. The molecule has 0 radical (unpaired) electrons. The molecule has 1 aliphatic carbocycles. The average molecular weight is 558 g/mol. The van der Waals surface area contributed by atoms with Crippen molar-refractivity contribution in [3.8, 4) is 11.1 Å². The molecule has 3 aromatic heterocycles. The van der Waals surface area contributed by atoms with Crippen LogP contribution in [0.5, 0.6) is 0 Å². The number of carbonyl (C=O) groups is 2. The van der Waals surface area contributed by atoms with E-state index in [-0.39, 0.29) is 26.0 Å². The molecule has 1 amide bonds. The first-order valence-electron chi connectivity index (χ1n) is 14.6. The van der Waals surface area contributed by atoms with Gasteiger partial charge in [0, 0.05) is 49.8 Å². The van der Waals surface area contributed by atoms with E-state index in [0.29, 0.717) is 17.7 Å². The molecule has 4 heterocycles. The zero-order chi connectivity index (χ0) is 28.7. The molecular weight excluding hydrogens is 514 g/mol. The van der Waals surface area contributed by atoms with Gasteiger partial charge in [-0.25, -0.2) is 4.98 Å². The fraction of sp³-hybridized carbons (Fsp3) is 0.438. The van der Waals surface area contributed by atoms with Crippen molar-refractivity contribution >= 4 is 28.4 Å². The Balaban J connectivity index is 0.00000212. The smallest absolute Gasteiger partial charge is 0.257 e. The molecule has 0 bridgehead atoms. The molecular formula is C32H43N7O2. The lowest BCUT2D eigenvalue weighted by molar-refractivity contribution is 0.0945. The first kappa shape index (κ1) is 27.4. The number of aromatic amines is 1. The number of Topliss-reactive ketones (excluding diaryl/α,β-unsaturated/α-hetero) is 1. The van der Waals surface area contributed by atoms with Gasteiger partial charge in [-0.1, -0.05) is 19.1 Å². The molecule has 9 heteroatoms. The monoisotopic (exact) mass is 557 g/mol. The third-order valence-corrected chi connectivity index (χ3v) is 9.05. The molecule has 1 saturated heterocycles. The van der Waals surface area contributed by atoms with Gasteiger partial charge in [-0.3, -0.25) is 14.3 Å². The minimum atomic E-state index is -0.225. The summed E-state index contributed by atoms with van der Waals surface area (Å²) < 4.78 is 1.94. The first-order valence-corrected chi connectivity index (χ1v) is 14.6. The fourth-order valence-corrected chi connectivity index (χ4v) is 6.49. The van der Waals surface area contributed by atoms with E-state index >= 15 is 0 Å². The van der Waals surface area contributed by atoms with Crippen LogP contribution >= 0.6 is 0 Å². The van der Waals surface area contributed by atoms with Crippen molar-refractivity contribution in [2.24, 2.45) is 0 Å². The van der Waals surface area contributed by atoms with Gasteiger partial charge in [-0.15, -0.1) is 0 Å². The zero-order valence-corrected chi connectivity index (χ0v) is 24.4. The number of likely N-dealkylation sites (tertiary alicyclic amines) is 1. The first-order chi connectivity index (χ1) is 19.8. The standard InChI is InChI=1S/C32H39N7O2.2H2/c1-5-24(8-11-37(2)3)39-20-23(18-35-39)36-31(41)22-14-26-27(19-34-30(26)33-17-22)21-6-7-25-28(15-21)32(16-29(25)40)9-12-38(4)13-10-32;;/h6-7,14-15,17-20,24H,5,8-13,16H2,1-4H3,(H,33,34)(H,36,41);2*1H. The summed E-state index contributed by atoms with van der Waals surface area (Å²) in [6.45, 7) is 5.13. The lowest BCUT2D eigenvalue weighted by Gasteiger charge is -2.38. The van der Waals surface area contributed by atoms with E-state index < -0.39 is 0 Å². The van der Waals surface area contributed by atoms with Crippen LogP contribution < -0.4 is 5.32 Å². The van der Waals surface area contributed by atoms with Gasteiger partial charge in [0.15, 0.2) is 5.78 Å². The van der Waals surface area contributed by atoms with Crippen molar-refractivity contribution in [1.82, 2.24) is 29.5 Å². The molecule has 9 nitrogen and oxygen atoms in total. The Kier molecular flexibility index (Phi) is 7.25. The summed E-state index contributed by atoms with van der Waals surface area (Å²) in [4.78, 5) is 38.5. The van der Waals surface area contributed by atoms with Crippen molar-refractivity contribution in [2.45, 2.75) is 50.5 Å². The van der Waals surface area contributed by atoms with Crippen LogP contribution in [0.4, 0.5) is 5.69 Å². The number of hydrogen-bond donors (Lipinski definition) is 2. The second-order valence-electron chi connectivity index (χ2n) is 12.1. The van der Waals surface area contributed by atoms with Crippen molar-refractivity contribution < 1.29 is 12.4 Å². The maximum absolute atomic E-state index is 13.3. The number of amides is 1. The van der Waals surface area contributed by atoms with Crippen molar-refractivity contribution in [1.29, 1.82) is 0 Å². The second kappa shape index (κ2) is 10.9. The van der Waals surface area contributed by atoms with Crippen LogP contribution in [-0.2, 0) is 5.41 Å². The molecule has 0 saturated carbocycles. The lowest BCUT2D eigenvalue weighted by atomic mass is 9.73. The van der Waals surface area contributed by atoms with Crippen molar-refractivity contribution in [2.75, 3.05) is 46.1 Å². The summed E-state index contributed by atoms with van der Waals surface area (Å²) in [6.07, 6.45) is 11.7. The normalized spacial score (nSPS) is 17.4. The van der Waals surface area contributed by atoms with E-state index in [1.54, 1.807) is 12.4 Å². The summed E-state index contributed by atoms with van der Waals surface area (Å²) in [7, 11) is 6.28. The summed E-state index contributed by atoms with van der Waals surface area (Å²) in [5.41, 5.74) is 5.85. The number of nitrogens with zero attached hydrogens (tertiary/aromatic N) is 5. The molecule has 218 valence electrons. The number of fused-ring (bicyclic) bond motifs is 3. The molecule has 1 spiro atoms. The number of ketones is 1. The van der Waals surface area contributed by atoms with Crippen LogP contribution in [0.15, 0.2) is 49.1 Å². The Morgan fingerprint density at radius 1 is 1.20 bits per heavy atom. The molecule has 2 aliphatic rings. The van der Waals surface area contributed by atoms with E-state index in [9.17, 15) is 9.59 Å². The molecule has 1 unspecified atom stereocenters. The Morgan fingerprint density at radius 3 is 2.76 bits per heavy atom. The van der Waals surface area contributed by atoms with Crippen LogP contribution in [0.2, 0.25) is 0 Å². The number of pyridine rings is 1. The summed E-state index contributed by atoms with van der Waals surface area (Å²) >= 11 is 0. The largest absolute Gasteiger partial charge is 0.346 e. The van der Waals surface area contributed by atoms with Gasteiger partial charge in [0.25, 0.3) is 5.91 Å². The highest BCUT2D eigenvalue weighted by molar-refractivity contribution is 6.07. The highest BCUT2D eigenvalue weighted by atomic mass is 16.1. The molecule has 2 N–H and O–H groups in total. The third-order valence-electron chi connectivity index (χ3n) is 9.05. The van der Waals surface area contributed by atoms with Gasteiger partial charge in [-0.2, -0.15) is 5.10 Å². The molecule has 4 aromatic rings. The van der Waals surface area contributed by atoms with Gasteiger partial charge >= 0.3 is 0 Å². The van der Waals surface area contributed by atoms with Crippen LogP contribution in [0, 0.1) is 0 Å². The topological polar surface area (TPSA) is 99.1 Å². The van der Waals surface area contributed by atoms with E-state index in [1.807, 2.05) is 35.3 Å². The summed E-state index contributed by atoms with van der Waals surface area (Å²) in [5, 5.41) is 8.39. The highest BCUT2D eigenvalue weighted by Gasteiger charge is 2.44. The number of piperidine rings is 1. The molecule has 1 fully saturated rings. The van der Waals surface area contributed by atoms with Gasteiger partial charge in [0.05, 0.1) is 23.5 Å². The van der Waals surface area contributed by atoms with Crippen molar-refractivity contribution in [3.63, 3.8) is 0 Å². The Morgan fingerprint density at radius 2 is 2.00 bits per heavy atom. The number of aromatic nitrogens is 4.